The van der Waals surface area contributed by atoms with E-state index < -0.39 is 0 Å². The third kappa shape index (κ3) is 3.78. The molecule has 0 saturated carbocycles. The molecule has 2 aromatic carbocycles. The Kier molecular flexibility index (Phi) is 5.27. The van der Waals surface area contributed by atoms with Gasteiger partial charge in [-0.25, -0.2) is 4.99 Å². The molecule has 0 unspecified atom stereocenters. The van der Waals surface area contributed by atoms with Crippen LogP contribution in [0.2, 0.25) is 0 Å². The Morgan fingerprint density at radius 1 is 1.04 bits per heavy atom. The van der Waals surface area contributed by atoms with Gasteiger partial charge in [-0.1, -0.05) is 36.4 Å². The summed E-state index contributed by atoms with van der Waals surface area (Å²) in [4.78, 5) is 6.89. The Morgan fingerprint density at radius 3 is 2.44 bits per heavy atom. The molecule has 1 aliphatic rings. The molecule has 0 bridgehead atoms. The fourth-order valence-corrected chi connectivity index (χ4v) is 2.90. The van der Waals surface area contributed by atoms with Gasteiger partial charge in [0.15, 0.2) is 0 Å². The molecule has 0 N–H and O–H groups in total. The van der Waals surface area contributed by atoms with Crippen molar-refractivity contribution in [1.29, 1.82) is 5.26 Å². The molecule has 1 aliphatic heterocycles. The highest BCUT2D eigenvalue weighted by molar-refractivity contribution is 6.06. The van der Waals surface area contributed by atoms with Gasteiger partial charge in [-0.3, -0.25) is 0 Å². The number of aliphatic imine (C=N–C) groups is 1. The van der Waals surface area contributed by atoms with Crippen LogP contribution in [0.25, 0.3) is 5.57 Å². The molecular formula is C21H21N3O. The molecule has 0 fully saturated rings. The number of nitriles is 1. The molecule has 4 heteroatoms. The quantitative estimate of drug-likeness (QED) is 0.628. The van der Waals surface area contributed by atoms with Crippen molar-refractivity contribution < 1.29 is 4.74 Å². The number of rotatable bonds is 4. The Balaban J connectivity index is 2.03. The van der Waals surface area contributed by atoms with E-state index in [1.54, 1.807) is 6.08 Å². The lowest BCUT2D eigenvalue weighted by Crippen LogP contribution is -2.16. The standard InChI is InChI=1S/C21H21N3O/c1-24(2)14-7-15-25-21-19-10-4-3-8-16(19)17(12-13-22)18-9-5-6-11-20(18)23-21/h3-6,8-12H,7,14-15H2,1-2H3/b17-12+. The smallest absolute Gasteiger partial charge is 0.221 e. The van der Waals surface area contributed by atoms with Crippen LogP contribution in [0.1, 0.15) is 23.1 Å². The van der Waals surface area contributed by atoms with E-state index in [0.717, 1.165) is 40.9 Å². The lowest BCUT2D eigenvalue weighted by Gasteiger charge is -2.13. The average Bonchev–Trinajstić information content (AvgIpc) is 2.75. The summed E-state index contributed by atoms with van der Waals surface area (Å²) in [5.41, 5.74) is 4.54. The molecule has 2 aromatic rings. The molecule has 3 rings (SSSR count). The Labute approximate surface area is 148 Å². The van der Waals surface area contributed by atoms with Gasteiger partial charge >= 0.3 is 0 Å². The summed E-state index contributed by atoms with van der Waals surface area (Å²) in [6.07, 6.45) is 2.51. The zero-order chi connectivity index (χ0) is 17.6. The molecule has 0 aromatic heterocycles. The fraction of sp³-hybridized carbons (Fsp3) is 0.238. The summed E-state index contributed by atoms with van der Waals surface area (Å²) in [5.74, 6) is 0.614. The van der Waals surface area contributed by atoms with E-state index in [4.69, 9.17) is 9.73 Å². The predicted octanol–water partition coefficient (Wildman–Crippen LogP) is 4.00. The first-order valence-corrected chi connectivity index (χ1v) is 8.36. The second kappa shape index (κ2) is 7.78. The Bertz CT molecular complexity index is 859. The minimum atomic E-state index is 0.602. The summed E-state index contributed by atoms with van der Waals surface area (Å²) in [6.45, 7) is 1.57. The average molecular weight is 331 g/mol. The molecule has 25 heavy (non-hydrogen) atoms. The SMILES string of the molecule is CN(C)CCCOC1=Nc2ccccc2/C(=C/C#N)c2ccccc21. The van der Waals surface area contributed by atoms with Gasteiger partial charge < -0.3 is 9.64 Å². The molecule has 0 amide bonds. The molecule has 4 nitrogen and oxygen atoms in total. The van der Waals surface area contributed by atoms with Crippen molar-refractivity contribution in [3.63, 3.8) is 0 Å². The van der Waals surface area contributed by atoms with Crippen molar-refractivity contribution in [3.05, 3.63) is 71.3 Å². The highest BCUT2D eigenvalue weighted by Gasteiger charge is 2.21. The molecule has 0 spiro atoms. The van der Waals surface area contributed by atoms with Crippen molar-refractivity contribution in [2.24, 2.45) is 4.99 Å². The van der Waals surface area contributed by atoms with E-state index in [0.29, 0.717) is 12.5 Å². The first-order chi connectivity index (χ1) is 12.2. The third-order valence-corrected chi connectivity index (χ3v) is 4.06. The molecular weight excluding hydrogens is 310 g/mol. The van der Waals surface area contributed by atoms with Crippen LogP contribution in [0.3, 0.4) is 0 Å². The normalized spacial score (nSPS) is 14.3. The molecule has 1 heterocycles. The summed E-state index contributed by atoms with van der Waals surface area (Å²) in [7, 11) is 4.10. The van der Waals surface area contributed by atoms with Crippen LogP contribution < -0.4 is 0 Å². The zero-order valence-electron chi connectivity index (χ0n) is 14.6. The van der Waals surface area contributed by atoms with Crippen molar-refractivity contribution in [2.75, 3.05) is 27.2 Å². The van der Waals surface area contributed by atoms with Crippen LogP contribution in [0, 0.1) is 11.3 Å². The molecule has 0 atom stereocenters. The van der Waals surface area contributed by atoms with Gasteiger partial charge in [0.05, 0.1) is 18.4 Å². The monoisotopic (exact) mass is 331 g/mol. The third-order valence-electron chi connectivity index (χ3n) is 4.06. The van der Waals surface area contributed by atoms with E-state index in [-0.39, 0.29) is 0 Å². The van der Waals surface area contributed by atoms with Crippen LogP contribution >= 0.6 is 0 Å². The lowest BCUT2D eigenvalue weighted by atomic mass is 9.94. The maximum Gasteiger partial charge on any atom is 0.221 e. The van der Waals surface area contributed by atoms with E-state index >= 15 is 0 Å². The van der Waals surface area contributed by atoms with Crippen LogP contribution in [-0.4, -0.2) is 38.0 Å². The molecule has 0 saturated heterocycles. The Hall–Kier alpha value is -2.90. The number of ether oxygens (including phenoxy) is 1. The van der Waals surface area contributed by atoms with Crippen molar-refractivity contribution >= 4 is 17.2 Å². The number of allylic oxidation sites excluding steroid dienone is 1. The number of para-hydroxylation sites is 1. The minimum absolute atomic E-state index is 0.602. The summed E-state index contributed by atoms with van der Waals surface area (Å²) in [6, 6.07) is 18.0. The minimum Gasteiger partial charge on any atom is -0.477 e. The van der Waals surface area contributed by atoms with Crippen LogP contribution in [0.15, 0.2) is 59.6 Å². The van der Waals surface area contributed by atoms with E-state index in [1.807, 2.05) is 62.6 Å². The maximum atomic E-state index is 9.25. The second-order valence-corrected chi connectivity index (χ2v) is 6.17. The number of hydrogen-bond donors (Lipinski definition) is 0. The molecule has 0 radical (unpaired) electrons. The van der Waals surface area contributed by atoms with Gasteiger partial charge in [0.2, 0.25) is 5.90 Å². The van der Waals surface area contributed by atoms with Crippen LogP contribution in [-0.2, 0) is 4.74 Å². The summed E-state index contributed by atoms with van der Waals surface area (Å²) >= 11 is 0. The Morgan fingerprint density at radius 2 is 1.72 bits per heavy atom. The van der Waals surface area contributed by atoms with Crippen molar-refractivity contribution in [3.8, 4) is 6.07 Å². The van der Waals surface area contributed by atoms with Crippen molar-refractivity contribution in [1.82, 2.24) is 4.90 Å². The van der Waals surface area contributed by atoms with Gasteiger partial charge in [0, 0.05) is 29.3 Å². The van der Waals surface area contributed by atoms with E-state index in [2.05, 4.69) is 11.0 Å². The predicted molar refractivity (Wildman–Crippen MR) is 101 cm³/mol. The molecule has 126 valence electrons. The summed E-state index contributed by atoms with van der Waals surface area (Å²) < 4.78 is 6.04. The van der Waals surface area contributed by atoms with Gasteiger partial charge in [0.25, 0.3) is 0 Å². The largest absolute Gasteiger partial charge is 0.477 e. The van der Waals surface area contributed by atoms with Crippen molar-refractivity contribution in [2.45, 2.75) is 6.42 Å². The van der Waals surface area contributed by atoms with Gasteiger partial charge in [-0.05, 0) is 38.2 Å². The fourth-order valence-electron chi connectivity index (χ4n) is 2.90. The first kappa shape index (κ1) is 16.9. The van der Waals surface area contributed by atoms with Crippen LogP contribution in [0.5, 0.6) is 0 Å². The first-order valence-electron chi connectivity index (χ1n) is 8.36. The second-order valence-electron chi connectivity index (χ2n) is 6.17. The van der Waals surface area contributed by atoms with E-state index in [1.165, 1.54) is 0 Å². The van der Waals surface area contributed by atoms with Gasteiger partial charge in [0.1, 0.15) is 0 Å². The zero-order valence-corrected chi connectivity index (χ0v) is 14.6. The highest BCUT2D eigenvalue weighted by atomic mass is 16.5. The maximum absolute atomic E-state index is 9.25. The number of hydrogen-bond acceptors (Lipinski definition) is 4. The highest BCUT2D eigenvalue weighted by Crippen LogP contribution is 2.36. The number of fused-ring (bicyclic) bond motifs is 2. The number of nitrogens with zero attached hydrogens (tertiary/aromatic N) is 3. The number of benzene rings is 2. The lowest BCUT2D eigenvalue weighted by molar-refractivity contribution is 0.272. The van der Waals surface area contributed by atoms with Crippen LogP contribution in [0.4, 0.5) is 5.69 Å². The molecule has 0 aliphatic carbocycles. The van der Waals surface area contributed by atoms with E-state index in [9.17, 15) is 5.26 Å². The topological polar surface area (TPSA) is 48.6 Å². The van der Waals surface area contributed by atoms with Gasteiger partial charge in [-0.2, -0.15) is 5.26 Å². The van der Waals surface area contributed by atoms with Gasteiger partial charge in [-0.15, -0.1) is 0 Å². The summed E-state index contributed by atoms with van der Waals surface area (Å²) in [5, 5.41) is 9.25.